The Morgan fingerprint density at radius 2 is 1.51 bits per heavy atom. The van der Waals surface area contributed by atoms with Crippen LogP contribution in [0.5, 0.6) is 0 Å². The standard InChI is InChI=1S/C28H27N3O6S2/c1-3-36-26(34)18-7-11-20(12-8-18)29-24(32)16-23-25(33)31(28(38)30(23)17-22-6-5-15-39-22)21-13-9-19(10-14-21)27(35)37-4-2/h5-15,23H,3-4,16-17H2,1-2H3,(H,29,32)/t23-/m0/s1. The van der Waals surface area contributed by atoms with Gasteiger partial charge in [-0.15, -0.1) is 11.3 Å². The number of nitrogens with one attached hydrogen (secondary N) is 1. The molecule has 1 saturated heterocycles. The van der Waals surface area contributed by atoms with E-state index in [4.69, 9.17) is 21.7 Å². The summed E-state index contributed by atoms with van der Waals surface area (Å²) < 4.78 is 10.0. The van der Waals surface area contributed by atoms with Crippen LogP contribution in [0, 0.1) is 0 Å². The summed E-state index contributed by atoms with van der Waals surface area (Å²) in [6.45, 7) is 4.34. The quantitative estimate of drug-likeness (QED) is 0.280. The first kappa shape index (κ1) is 27.9. The van der Waals surface area contributed by atoms with Crippen LogP contribution in [-0.4, -0.2) is 53.0 Å². The smallest absolute Gasteiger partial charge is 0.338 e. The molecule has 0 radical (unpaired) electrons. The molecule has 1 aliphatic rings. The van der Waals surface area contributed by atoms with Crippen molar-refractivity contribution in [1.82, 2.24) is 4.90 Å². The molecule has 1 aromatic heterocycles. The van der Waals surface area contributed by atoms with Crippen LogP contribution >= 0.6 is 23.6 Å². The van der Waals surface area contributed by atoms with Gasteiger partial charge in [0, 0.05) is 10.6 Å². The molecule has 9 nitrogen and oxygen atoms in total. The van der Waals surface area contributed by atoms with E-state index in [0.717, 1.165) is 4.88 Å². The zero-order chi connectivity index (χ0) is 27.9. The van der Waals surface area contributed by atoms with Gasteiger partial charge in [0.15, 0.2) is 5.11 Å². The van der Waals surface area contributed by atoms with E-state index in [2.05, 4.69) is 5.32 Å². The van der Waals surface area contributed by atoms with Crippen LogP contribution in [0.15, 0.2) is 66.0 Å². The molecule has 3 aromatic rings. The van der Waals surface area contributed by atoms with Gasteiger partial charge in [-0.25, -0.2) is 9.59 Å². The van der Waals surface area contributed by atoms with Crippen molar-refractivity contribution < 1.29 is 28.7 Å². The van der Waals surface area contributed by atoms with Crippen molar-refractivity contribution in [3.63, 3.8) is 0 Å². The first-order chi connectivity index (χ1) is 18.8. The fourth-order valence-electron chi connectivity index (χ4n) is 4.07. The molecule has 2 amide bonds. The van der Waals surface area contributed by atoms with Crippen LogP contribution < -0.4 is 10.2 Å². The maximum atomic E-state index is 13.6. The molecule has 11 heteroatoms. The number of anilines is 2. The highest BCUT2D eigenvalue weighted by Crippen LogP contribution is 2.30. The molecule has 1 aliphatic heterocycles. The van der Waals surface area contributed by atoms with Crippen molar-refractivity contribution in [2.45, 2.75) is 32.9 Å². The normalized spacial score (nSPS) is 14.9. The summed E-state index contributed by atoms with van der Waals surface area (Å²) in [5.41, 5.74) is 1.71. The van der Waals surface area contributed by atoms with E-state index in [1.54, 1.807) is 67.3 Å². The van der Waals surface area contributed by atoms with Crippen molar-refractivity contribution in [3.05, 3.63) is 82.0 Å². The lowest BCUT2D eigenvalue weighted by Crippen LogP contribution is -2.37. The number of carbonyl (C=O) groups excluding carboxylic acids is 4. The van der Waals surface area contributed by atoms with E-state index in [-0.39, 0.29) is 36.6 Å². The van der Waals surface area contributed by atoms with Crippen molar-refractivity contribution in [1.29, 1.82) is 0 Å². The lowest BCUT2D eigenvalue weighted by Gasteiger charge is -2.23. The van der Waals surface area contributed by atoms with Gasteiger partial charge >= 0.3 is 11.9 Å². The third kappa shape index (κ3) is 6.50. The maximum absolute atomic E-state index is 13.6. The fraction of sp³-hybridized carbons (Fsp3) is 0.250. The SMILES string of the molecule is CCOC(=O)c1ccc(NC(=O)C[C@H]2C(=O)N(c3ccc(C(=O)OCC)cc3)C(=S)N2Cc2cccs2)cc1. The molecular formula is C28H27N3O6S2. The number of hydrogen-bond acceptors (Lipinski definition) is 8. The molecule has 0 aliphatic carbocycles. The lowest BCUT2D eigenvalue weighted by molar-refractivity contribution is -0.124. The summed E-state index contributed by atoms with van der Waals surface area (Å²) in [5, 5.41) is 4.99. The minimum atomic E-state index is -0.830. The summed E-state index contributed by atoms with van der Waals surface area (Å²) >= 11 is 7.24. The van der Waals surface area contributed by atoms with E-state index in [1.807, 2.05) is 17.5 Å². The molecule has 4 rings (SSSR count). The Bertz CT molecular complexity index is 1360. The summed E-state index contributed by atoms with van der Waals surface area (Å²) in [4.78, 5) is 54.7. The Morgan fingerprint density at radius 1 is 0.923 bits per heavy atom. The predicted octanol–water partition coefficient (Wildman–Crippen LogP) is 4.63. The van der Waals surface area contributed by atoms with Gasteiger partial charge in [0.2, 0.25) is 5.91 Å². The zero-order valence-corrected chi connectivity index (χ0v) is 23.1. The molecule has 1 atom stereocenters. The first-order valence-electron chi connectivity index (χ1n) is 12.3. The van der Waals surface area contributed by atoms with Gasteiger partial charge in [0.05, 0.1) is 43.0 Å². The molecule has 39 heavy (non-hydrogen) atoms. The second kappa shape index (κ2) is 12.6. The summed E-state index contributed by atoms with van der Waals surface area (Å²) in [5.74, 6) is -1.62. The van der Waals surface area contributed by atoms with Crippen LogP contribution in [0.1, 0.15) is 45.9 Å². The number of thiocarbonyl (C=S) groups is 1. The monoisotopic (exact) mass is 565 g/mol. The van der Waals surface area contributed by atoms with Gasteiger partial charge in [-0.3, -0.25) is 14.5 Å². The number of nitrogens with zero attached hydrogens (tertiary/aromatic N) is 2. The maximum Gasteiger partial charge on any atom is 0.338 e. The average molecular weight is 566 g/mol. The van der Waals surface area contributed by atoms with Crippen LogP contribution in [0.2, 0.25) is 0 Å². The van der Waals surface area contributed by atoms with Crippen molar-refractivity contribution in [2.75, 3.05) is 23.4 Å². The third-order valence-electron chi connectivity index (χ3n) is 5.92. The summed E-state index contributed by atoms with van der Waals surface area (Å²) in [6, 6.07) is 15.8. The van der Waals surface area contributed by atoms with E-state index in [1.165, 1.54) is 16.2 Å². The molecule has 0 saturated carbocycles. The number of hydrogen-bond donors (Lipinski definition) is 1. The van der Waals surface area contributed by atoms with E-state index in [9.17, 15) is 19.2 Å². The number of ether oxygens (including phenoxy) is 2. The highest BCUT2D eigenvalue weighted by molar-refractivity contribution is 7.80. The Hall–Kier alpha value is -4.09. The van der Waals surface area contributed by atoms with E-state index < -0.39 is 18.0 Å². The number of amides is 2. The molecule has 1 N–H and O–H groups in total. The average Bonchev–Trinajstić information content (AvgIpc) is 3.52. The molecule has 0 bridgehead atoms. The first-order valence-corrected chi connectivity index (χ1v) is 13.6. The largest absolute Gasteiger partial charge is 0.462 e. The van der Waals surface area contributed by atoms with Gasteiger partial charge in [-0.05, 0) is 86.0 Å². The zero-order valence-electron chi connectivity index (χ0n) is 21.4. The van der Waals surface area contributed by atoms with Gasteiger partial charge in [-0.1, -0.05) is 6.07 Å². The topological polar surface area (TPSA) is 105 Å². The van der Waals surface area contributed by atoms with E-state index >= 15 is 0 Å². The number of carbonyl (C=O) groups is 4. The second-order valence-corrected chi connectivity index (χ2v) is 9.89. The third-order valence-corrected chi connectivity index (χ3v) is 7.20. The Kier molecular flexibility index (Phi) is 9.05. The molecule has 2 heterocycles. The van der Waals surface area contributed by atoms with Gasteiger partial charge in [0.25, 0.3) is 5.91 Å². The van der Waals surface area contributed by atoms with Crippen LogP contribution in [0.4, 0.5) is 11.4 Å². The fourth-order valence-corrected chi connectivity index (χ4v) is 5.16. The highest BCUT2D eigenvalue weighted by Gasteiger charge is 2.44. The molecule has 1 fully saturated rings. The van der Waals surface area contributed by atoms with Crippen LogP contribution in [0.25, 0.3) is 0 Å². The number of esters is 2. The minimum absolute atomic E-state index is 0.138. The molecule has 2 aromatic carbocycles. The summed E-state index contributed by atoms with van der Waals surface area (Å²) in [6.07, 6.45) is -0.138. The van der Waals surface area contributed by atoms with Crippen molar-refractivity contribution >= 4 is 63.8 Å². The van der Waals surface area contributed by atoms with Crippen molar-refractivity contribution in [2.24, 2.45) is 0 Å². The van der Waals surface area contributed by atoms with Gasteiger partial charge in [0.1, 0.15) is 6.04 Å². The lowest BCUT2D eigenvalue weighted by atomic mass is 10.1. The minimum Gasteiger partial charge on any atom is -0.462 e. The molecule has 202 valence electrons. The van der Waals surface area contributed by atoms with Gasteiger partial charge < -0.3 is 19.7 Å². The molecular weight excluding hydrogens is 538 g/mol. The Labute approximate surface area is 235 Å². The molecule has 0 unspecified atom stereocenters. The van der Waals surface area contributed by atoms with E-state index in [0.29, 0.717) is 29.0 Å². The molecule has 0 spiro atoms. The highest BCUT2D eigenvalue weighted by atomic mass is 32.1. The Morgan fingerprint density at radius 3 is 2.05 bits per heavy atom. The number of benzene rings is 2. The summed E-state index contributed by atoms with van der Waals surface area (Å²) in [7, 11) is 0. The number of thiophene rings is 1. The Balaban J connectivity index is 1.52. The predicted molar refractivity (Wildman–Crippen MR) is 152 cm³/mol. The number of rotatable bonds is 10. The van der Waals surface area contributed by atoms with Gasteiger partial charge in [-0.2, -0.15) is 0 Å². The second-order valence-electron chi connectivity index (χ2n) is 8.50. The van der Waals surface area contributed by atoms with Crippen LogP contribution in [0.3, 0.4) is 0 Å². The van der Waals surface area contributed by atoms with Crippen molar-refractivity contribution in [3.8, 4) is 0 Å². The van der Waals surface area contributed by atoms with Crippen LogP contribution in [-0.2, 0) is 25.6 Å².